The third kappa shape index (κ3) is 3.16. The Labute approximate surface area is 75.9 Å². The van der Waals surface area contributed by atoms with Crippen LogP contribution in [0.1, 0.15) is 12.6 Å². The Morgan fingerprint density at radius 2 is 2.54 bits per heavy atom. The largest absolute Gasteiger partial charge is 0.458 e. The van der Waals surface area contributed by atoms with E-state index in [-0.39, 0.29) is 6.61 Å². The molecule has 0 aliphatic rings. The number of rotatable bonds is 3. The van der Waals surface area contributed by atoms with Gasteiger partial charge in [0.1, 0.15) is 18.3 Å². The average molecular weight is 181 g/mol. The van der Waals surface area contributed by atoms with Crippen molar-refractivity contribution in [2.75, 3.05) is 0 Å². The van der Waals surface area contributed by atoms with E-state index in [2.05, 4.69) is 10.2 Å². The summed E-state index contributed by atoms with van der Waals surface area (Å²) in [6.07, 6.45) is 1.55. The Kier molecular flexibility index (Phi) is 3.33. The summed E-state index contributed by atoms with van der Waals surface area (Å²) in [6, 6.07) is 2.85. The van der Waals surface area contributed by atoms with Gasteiger partial charge in [-0.15, -0.1) is 0 Å². The van der Waals surface area contributed by atoms with E-state index in [0.29, 0.717) is 5.69 Å². The summed E-state index contributed by atoms with van der Waals surface area (Å²) in [7, 11) is 0. The Morgan fingerprint density at radius 1 is 1.77 bits per heavy atom. The van der Waals surface area contributed by atoms with E-state index in [1.807, 2.05) is 0 Å². The Hall–Kier alpha value is -1.49. The fraction of sp³-hybridized carbons (Fsp3) is 0.375. The summed E-state index contributed by atoms with van der Waals surface area (Å²) >= 11 is 0. The first-order valence-electron chi connectivity index (χ1n) is 3.89. The average Bonchev–Trinajstić information content (AvgIpc) is 2.15. The van der Waals surface area contributed by atoms with Gasteiger partial charge in [0, 0.05) is 6.20 Å². The van der Waals surface area contributed by atoms with Crippen molar-refractivity contribution in [3.63, 3.8) is 0 Å². The van der Waals surface area contributed by atoms with E-state index in [4.69, 9.17) is 10.5 Å². The van der Waals surface area contributed by atoms with Crippen molar-refractivity contribution in [3.8, 4) is 0 Å². The van der Waals surface area contributed by atoms with Gasteiger partial charge in [-0.25, -0.2) is 0 Å². The van der Waals surface area contributed by atoms with Crippen LogP contribution in [-0.4, -0.2) is 22.2 Å². The minimum absolute atomic E-state index is 0.119. The molecule has 0 bridgehead atoms. The molecule has 0 aromatic carbocycles. The summed E-state index contributed by atoms with van der Waals surface area (Å²) in [5.41, 5.74) is 5.90. The number of hydrogen-bond acceptors (Lipinski definition) is 5. The van der Waals surface area contributed by atoms with Crippen LogP contribution in [0.3, 0.4) is 0 Å². The van der Waals surface area contributed by atoms with Crippen molar-refractivity contribution < 1.29 is 9.53 Å². The quantitative estimate of drug-likeness (QED) is 0.657. The number of nitrogens with zero attached hydrogens (tertiary/aromatic N) is 2. The number of nitrogens with two attached hydrogens (primary N) is 1. The highest BCUT2D eigenvalue weighted by Gasteiger charge is 2.08. The van der Waals surface area contributed by atoms with Gasteiger partial charge < -0.3 is 10.5 Å². The van der Waals surface area contributed by atoms with Crippen LogP contribution in [0.25, 0.3) is 0 Å². The number of hydrogen-bond donors (Lipinski definition) is 1. The van der Waals surface area contributed by atoms with E-state index in [0.717, 1.165) is 0 Å². The summed E-state index contributed by atoms with van der Waals surface area (Å²) in [4.78, 5) is 10.9. The van der Waals surface area contributed by atoms with Gasteiger partial charge >= 0.3 is 5.97 Å². The SMILES string of the molecule is C[C@H](N)C(=O)OCc1cccnn1. The number of esters is 1. The summed E-state index contributed by atoms with van der Waals surface area (Å²) < 4.78 is 4.82. The van der Waals surface area contributed by atoms with E-state index >= 15 is 0 Å². The molecular weight excluding hydrogens is 170 g/mol. The molecule has 1 atom stereocenters. The monoisotopic (exact) mass is 181 g/mol. The Bertz CT molecular complexity index is 274. The fourth-order valence-electron chi connectivity index (χ4n) is 0.687. The van der Waals surface area contributed by atoms with Gasteiger partial charge in [-0.3, -0.25) is 4.79 Å². The molecule has 0 spiro atoms. The lowest BCUT2D eigenvalue weighted by atomic mass is 10.4. The second-order valence-electron chi connectivity index (χ2n) is 2.61. The molecule has 70 valence electrons. The maximum atomic E-state index is 10.9. The minimum atomic E-state index is -0.600. The highest BCUT2D eigenvalue weighted by atomic mass is 16.5. The molecule has 0 saturated heterocycles. The van der Waals surface area contributed by atoms with Gasteiger partial charge in [-0.2, -0.15) is 10.2 Å². The minimum Gasteiger partial charge on any atom is -0.458 e. The molecule has 1 rings (SSSR count). The third-order valence-corrected chi connectivity index (χ3v) is 1.36. The molecule has 0 aliphatic carbocycles. The topological polar surface area (TPSA) is 78.1 Å². The van der Waals surface area contributed by atoms with Gasteiger partial charge in [-0.1, -0.05) is 0 Å². The lowest BCUT2D eigenvalue weighted by Crippen LogP contribution is -2.28. The molecular formula is C8H11N3O2. The van der Waals surface area contributed by atoms with Gasteiger partial charge in [-0.05, 0) is 19.1 Å². The maximum Gasteiger partial charge on any atom is 0.323 e. The number of aromatic nitrogens is 2. The number of carbonyl (C=O) groups is 1. The zero-order valence-electron chi connectivity index (χ0n) is 7.30. The smallest absolute Gasteiger partial charge is 0.323 e. The van der Waals surface area contributed by atoms with E-state index in [1.165, 1.54) is 0 Å². The molecule has 0 aliphatic heterocycles. The Morgan fingerprint density at radius 3 is 3.08 bits per heavy atom. The molecule has 2 N–H and O–H groups in total. The van der Waals surface area contributed by atoms with Crippen molar-refractivity contribution in [3.05, 3.63) is 24.0 Å². The summed E-state index contributed by atoms with van der Waals surface area (Å²) in [6.45, 7) is 1.69. The van der Waals surface area contributed by atoms with E-state index in [1.54, 1.807) is 25.3 Å². The van der Waals surface area contributed by atoms with Crippen LogP contribution in [0.4, 0.5) is 0 Å². The van der Waals surface area contributed by atoms with Crippen LogP contribution in [0.2, 0.25) is 0 Å². The molecule has 0 radical (unpaired) electrons. The molecule has 0 fully saturated rings. The number of ether oxygens (including phenoxy) is 1. The van der Waals surface area contributed by atoms with Crippen molar-refractivity contribution in [2.24, 2.45) is 5.73 Å². The van der Waals surface area contributed by atoms with Crippen LogP contribution in [-0.2, 0) is 16.1 Å². The summed E-state index contributed by atoms with van der Waals surface area (Å²) in [5, 5.41) is 7.38. The zero-order valence-corrected chi connectivity index (χ0v) is 7.30. The van der Waals surface area contributed by atoms with Crippen molar-refractivity contribution in [1.29, 1.82) is 0 Å². The van der Waals surface area contributed by atoms with Crippen LogP contribution in [0.15, 0.2) is 18.3 Å². The van der Waals surface area contributed by atoms with Gasteiger partial charge in [0.2, 0.25) is 0 Å². The second-order valence-corrected chi connectivity index (χ2v) is 2.61. The molecule has 0 amide bonds. The van der Waals surface area contributed by atoms with Gasteiger partial charge in [0.25, 0.3) is 0 Å². The normalized spacial score (nSPS) is 12.2. The van der Waals surface area contributed by atoms with Crippen LogP contribution in [0.5, 0.6) is 0 Å². The zero-order chi connectivity index (χ0) is 9.68. The third-order valence-electron chi connectivity index (χ3n) is 1.36. The fourth-order valence-corrected chi connectivity index (χ4v) is 0.687. The van der Waals surface area contributed by atoms with Crippen molar-refractivity contribution in [1.82, 2.24) is 10.2 Å². The van der Waals surface area contributed by atoms with Gasteiger partial charge in [0.05, 0.1) is 0 Å². The molecule has 1 heterocycles. The maximum absolute atomic E-state index is 10.9. The highest BCUT2D eigenvalue weighted by molar-refractivity contribution is 5.74. The summed E-state index contributed by atoms with van der Waals surface area (Å²) in [5.74, 6) is -0.439. The first kappa shape index (κ1) is 9.60. The standard InChI is InChI=1S/C8H11N3O2/c1-6(9)8(12)13-5-7-3-2-4-10-11-7/h2-4,6H,5,9H2,1H3/t6-/m0/s1. The lowest BCUT2D eigenvalue weighted by Gasteiger charge is -2.05. The predicted octanol–water partition coefficient (Wildman–Crippen LogP) is -0.133. The van der Waals surface area contributed by atoms with Crippen LogP contribution >= 0.6 is 0 Å². The molecule has 0 saturated carbocycles. The highest BCUT2D eigenvalue weighted by Crippen LogP contribution is 1.95. The molecule has 5 heteroatoms. The van der Waals surface area contributed by atoms with Gasteiger partial charge in [0.15, 0.2) is 0 Å². The predicted molar refractivity (Wildman–Crippen MR) is 45.5 cm³/mol. The molecule has 0 unspecified atom stereocenters. The lowest BCUT2D eigenvalue weighted by molar-refractivity contribution is -0.146. The molecule has 13 heavy (non-hydrogen) atoms. The van der Waals surface area contributed by atoms with Crippen LogP contribution in [0, 0.1) is 0 Å². The first-order valence-corrected chi connectivity index (χ1v) is 3.89. The van der Waals surface area contributed by atoms with E-state index in [9.17, 15) is 4.79 Å². The molecule has 1 aromatic rings. The van der Waals surface area contributed by atoms with E-state index < -0.39 is 12.0 Å². The number of carbonyl (C=O) groups excluding carboxylic acids is 1. The molecule has 1 aromatic heterocycles. The first-order chi connectivity index (χ1) is 6.20. The molecule has 5 nitrogen and oxygen atoms in total. The van der Waals surface area contributed by atoms with Crippen molar-refractivity contribution >= 4 is 5.97 Å². The second kappa shape index (κ2) is 4.51. The van der Waals surface area contributed by atoms with Crippen LogP contribution < -0.4 is 5.73 Å². The Balaban J connectivity index is 2.40. The van der Waals surface area contributed by atoms with Crippen molar-refractivity contribution in [2.45, 2.75) is 19.6 Å².